The van der Waals surface area contributed by atoms with Crippen LogP contribution >= 0.6 is 0 Å². The lowest BCUT2D eigenvalue weighted by Crippen LogP contribution is -2.44. The smallest absolute Gasteiger partial charge is 0.322 e. The molecule has 5 nitrogen and oxygen atoms in total. The van der Waals surface area contributed by atoms with Crippen molar-refractivity contribution in [1.29, 1.82) is 0 Å². The molecule has 92 valence electrons. The van der Waals surface area contributed by atoms with Crippen LogP contribution in [0.25, 0.3) is 0 Å². The Kier molecular flexibility index (Phi) is 4.73. The fourth-order valence-electron chi connectivity index (χ4n) is 2.16. The molecule has 2 unspecified atom stereocenters. The Bertz CT molecular complexity index is 267. The highest BCUT2D eigenvalue weighted by molar-refractivity contribution is 5.75. The van der Waals surface area contributed by atoms with Gasteiger partial charge in [0.05, 0.1) is 13.0 Å². The normalized spacial score (nSPS) is 27.1. The van der Waals surface area contributed by atoms with Gasteiger partial charge in [0.2, 0.25) is 0 Å². The molecular weight excluding hydrogens is 210 g/mol. The number of hydrogen-bond donors (Lipinski definition) is 2. The summed E-state index contributed by atoms with van der Waals surface area (Å²) in [6.07, 6.45) is 3.14. The lowest BCUT2D eigenvalue weighted by atomic mass is 9.85. The number of ether oxygens (including phenoxy) is 1. The highest BCUT2D eigenvalue weighted by Crippen LogP contribution is 2.24. The number of rotatable bonds is 4. The van der Waals surface area contributed by atoms with Crippen molar-refractivity contribution in [3.63, 3.8) is 0 Å². The Morgan fingerprint density at radius 2 is 2.12 bits per heavy atom. The number of carboxylic acids is 1. The van der Waals surface area contributed by atoms with Gasteiger partial charge in [0.1, 0.15) is 6.04 Å². The first-order valence-electron chi connectivity index (χ1n) is 5.61. The minimum Gasteiger partial charge on any atom is -0.481 e. The maximum Gasteiger partial charge on any atom is 0.322 e. The van der Waals surface area contributed by atoms with E-state index in [0.717, 1.165) is 19.3 Å². The van der Waals surface area contributed by atoms with Crippen LogP contribution in [-0.4, -0.2) is 36.2 Å². The maximum atomic E-state index is 11.2. The molecule has 0 spiro atoms. The van der Waals surface area contributed by atoms with Gasteiger partial charge in [0, 0.05) is 6.04 Å². The molecule has 16 heavy (non-hydrogen) atoms. The van der Waals surface area contributed by atoms with Crippen LogP contribution in [0.3, 0.4) is 0 Å². The molecule has 1 rings (SSSR count). The maximum absolute atomic E-state index is 11.2. The standard InChI is InChI=1S/C11H19NO4/c1-7(11(15)16-2)12-9-5-3-4-8(6-9)10(13)14/h7-9,12H,3-6H2,1-2H3,(H,13,14)/t7-,8?,9?/m0/s1. The molecule has 0 aromatic heterocycles. The molecule has 1 saturated carbocycles. The molecule has 0 aliphatic heterocycles. The van der Waals surface area contributed by atoms with Crippen LogP contribution in [0.5, 0.6) is 0 Å². The van der Waals surface area contributed by atoms with Crippen molar-refractivity contribution in [2.24, 2.45) is 5.92 Å². The first-order chi connectivity index (χ1) is 7.54. The summed E-state index contributed by atoms with van der Waals surface area (Å²) in [6.45, 7) is 1.73. The third-order valence-electron chi connectivity index (χ3n) is 3.06. The van der Waals surface area contributed by atoms with E-state index in [1.807, 2.05) is 0 Å². The van der Waals surface area contributed by atoms with Crippen LogP contribution in [0.15, 0.2) is 0 Å². The fraction of sp³-hybridized carbons (Fsp3) is 0.818. The van der Waals surface area contributed by atoms with Crippen molar-refractivity contribution in [2.75, 3.05) is 7.11 Å². The SMILES string of the molecule is COC(=O)[C@H](C)NC1CCCC(C(=O)O)C1. The monoisotopic (exact) mass is 229 g/mol. The second kappa shape index (κ2) is 5.84. The van der Waals surface area contributed by atoms with Gasteiger partial charge in [-0.2, -0.15) is 0 Å². The number of nitrogens with one attached hydrogen (secondary N) is 1. The van der Waals surface area contributed by atoms with Crippen molar-refractivity contribution >= 4 is 11.9 Å². The number of hydrogen-bond acceptors (Lipinski definition) is 4. The molecule has 0 aromatic rings. The highest BCUT2D eigenvalue weighted by Gasteiger charge is 2.28. The summed E-state index contributed by atoms with van der Waals surface area (Å²) in [4.78, 5) is 22.1. The Balaban J connectivity index is 2.42. The zero-order valence-electron chi connectivity index (χ0n) is 9.73. The molecule has 2 N–H and O–H groups in total. The van der Waals surface area contributed by atoms with Gasteiger partial charge in [-0.15, -0.1) is 0 Å². The van der Waals surface area contributed by atoms with Gasteiger partial charge in [0.15, 0.2) is 0 Å². The quantitative estimate of drug-likeness (QED) is 0.697. The average molecular weight is 229 g/mol. The fourth-order valence-corrected chi connectivity index (χ4v) is 2.16. The molecule has 5 heteroatoms. The minimum absolute atomic E-state index is 0.101. The van der Waals surface area contributed by atoms with E-state index in [0.29, 0.717) is 6.42 Å². The van der Waals surface area contributed by atoms with Crippen molar-refractivity contribution in [3.8, 4) is 0 Å². The van der Waals surface area contributed by atoms with E-state index in [4.69, 9.17) is 5.11 Å². The third kappa shape index (κ3) is 3.48. The zero-order valence-corrected chi connectivity index (χ0v) is 9.73. The number of carbonyl (C=O) groups excluding carboxylic acids is 1. The van der Waals surface area contributed by atoms with Crippen LogP contribution < -0.4 is 5.32 Å². The molecule has 0 radical (unpaired) electrons. The van der Waals surface area contributed by atoms with E-state index in [2.05, 4.69) is 10.1 Å². The van der Waals surface area contributed by atoms with Gasteiger partial charge in [-0.1, -0.05) is 6.42 Å². The summed E-state index contributed by atoms with van der Waals surface area (Å²) in [5, 5.41) is 12.0. The Morgan fingerprint density at radius 3 is 2.69 bits per heavy atom. The molecule has 1 fully saturated rings. The average Bonchev–Trinajstić information content (AvgIpc) is 2.28. The van der Waals surface area contributed by atoms with Crippen LogP contribution in [0.2, 0.25) is 0 Å². The van der Waals surface area contributed by atoms with Crippen LogP contribution in [0, 0.1) is 5.92 Å². The first-order valence-corrected chi connectivity index (χ1v) is 5.61. The van der Waals surface area contributed by atoms with E-state index >= 15 is 0 Å². The van der Waals surface area contributed by atoms with Gasteiger partial charge < -0.3 is 15.2 Å². The van der Waals surface area contributed by atoms with Gasteiger partial charge in [-0.3, -0.25) is 9.59 Å². The van der Waals surface area contributed by atoms with E-state index in [1.165, 1.54) is 7.11 Å². The molecule has 0 saturated heterocycles. The van der Waals surface area contributed by atoms with E-state index in [9.17, 15) is 9.59 Å². The third-order valence-corrected chi connectivity index (χ3v) is 3.06. The predicted molar refractivity (Wildman–Crippen MR) is 58.0 cm³/mol. The van der Waals surface area contributed by atoms with Gasteiger partial charge in [0.25, 0.3) is 0 Å². The lowest BCUT2D eigenvalue weighted by Gasteiger charge is -2.29. The van der Waals surface area contributed by atoms with Gasteiger partial charge in [-0.25, -0.2) is 0 Å². The summed E-state index contributed by atoms with van der Waals surface area (Å²) >= 11 is 0. The lowest BCUT2D eigenvalue weighted by molar-refractivity contribution is -0.143. The Morgan fingerprint density at radius 1 is 1.44 bits per heavy atom. The molecular formula is C11H19NO4. The van der Waals surface area contributed by atoms with Crippen LogP contribution in [0.4, 0.5) is 0 Å². The van der Waals surface area contributed by atoms with Crippen molar-refractivity contribution in [3.05, 3.63) is 0 Å². The van der Waals surface area contributed by atoms with E-state index in [-0.39, 0.29) is 24.0 Å². The van der Waals surface area contributed by atoms with Gasteiger partial charge in [-0.05, 0) is 26.2 Å². The summed E-state index contributed by atoms with van der Waals surface area (Å²) in [5.74, 6) is -1.33. The second-order valence-corrected chi connectivity index (χ2v) is 4.31. The van der Waals surface area contributed by atoms with Gasteiger partial charge >= 0.3 is 11.9 Å². The van der Waals surface area contributed by atoms with E-state index in [1.54, 1.807) is 6.92 Å². The number of carboxylic acid groups (broad SMARTS) is 1. The van der Waals surface area contributed by atoms with Crippen molar-refractivity contribution in [1.82, 2.24) is 5.32 Å². The predicted octanol–water partition coefficient (Wildman–Crippen LogP) is 0.781. The molecule has 0 amide bonds. The first kappa shape index (κ1) is 13.0. The topological polar surface area (TPSA) is 75.6 Å². The largest absolute Gasteiger partial charge is 0.481 e. The number of aliphatic carboxylic acids is 1. The Hall–Kier alpha value is -1.10. The van der Waals surface area contributed by atoms with Crippen molar-refractivity contribution in [2.45, 2.75) is 44.7 Å². The van der Waals surface area contributed by atoms with Crippen LogP contribution in [-0.2, 0) is 14.3 Å². The summed E-state index contributed by atoms with van der Waals surface area (Å²) in [5.41, 5.74) is 0. The summed E-state index contributed by atoms with van der Waals surface area (Å²) < 4.78 is 4.61. The molecule has 3 atom stereocenters. The number of carbonyl (C=O) groups is 2. The summed E-state index contributed by atoms with van der Waals surface area (Å²) in [7, 11) is 1.35. The molecule has 0 bridgehead atoms. The summed E-state index contributed by atoms with van der Waals surface area (Å²) in [6, 6.07) is -0.272. The van der Waals surface area contributed by atoms with E-state index < -0.39 is 5.97 Å². The second-order valence-electron chi connectivity index (χ2n) is 4.31. The van der Waals surface area contributed by atoms with Crippen LogP contribution in [0.1, 0.15) is 32.6 Å². The highest BCUT2D eigenvalue weighted by atomic mass is 16.5. The molecule has 1 aliphatic rings. The number of esters is 1. The Labute approximate surface area is 95.2 Å². The molecule has 0 heterocycles. The zero-order chi connectivity index (χ0) is 12.1. The minimum atomic E-state index is -0.739. The number of methoxy groups -OCH3 is 1. The molecule has 1 aliphatic carbocycles. The van der Waals surface area contributed by atoms with Crippen molar-refractivity contribution < 1.29 is 19.4 Å². The molecule has 0 aromatic carbocycles.